The summed E-state index contributed by atoms with van der Waals surface area (Å²) >= 11 is 0. The van der Waals surface area contributed by atoms with Gasteiger partial charge in [0.2, 0.25) is 0 Å². The number of hydrogen-bond donors (Lipinski definition) is 1. The minimum atomic E-state index is 0.805. The number of piperidine rings is 1. The summed E-state index contributed by atoms with van der Waals surface area (Å²) in [4.78, 5) is 6.83. The van der Waals surface area contributed by atoms with Crippen molar-refractivity contribution in [3.05, 3.63) is 29.6 Å². The van der Waals surface area contributed by atoms with Crippen LogP contribution in [0.5, 0.6) is 0 Å². The van der Waals surface area contributed by atoms with Gasteiger partial charge in [0.15, 0.2) is 0 Å². The second kappa shape index (κ2) is 6.12. The molecule has 94 valence electrons. The Morgan fingerprint density at radius 2 is 2.35 bits per heavy atom. The molecule has 1 unspecified atom stereocenters. The van der Waals surface area contributed by atoms with Crippen molar-refractivity contribution in [1.29, 1.82) is 0 Å². The third kappa shape index (κ3) is 4.10. The maximum absolute atomic E-state index is 4.40. The molecule has 0 amide bonds. The lowest BCUT2D eigenvalue weighted by atomic mass is 9.98. The summed E-state index contributed by atoms with van der Waals surface area (Å²) in [6.45, 7) is 6.56. The Morgan fingerprint density at radius 1 is 1.47 bits per heavy atom. The first kappa shape index (κ1) is 12.5. The standard InChI is InChI=1S/C14H23N3/c1-12-5-6-14(16-8-12)10-15-9-13-4-3-7-17(2)11-13/h5-6,8,13,15H,3-4,7,9-11H2,1-2H3. The fraction of sp³-hybridized carbons (Fsp3) is 0.643. The molecule has 1 saturated heterocycles. The predicted molar refractivity (Wildman–Crippen MR) is 70.9 cm³/mol. The van der Waals surface area contributed by atoms with E-state index in [9.17, 15) is 0 Å². The molecule has 3 nitrogen and oxygen atoms in total. The predicted octanol–water partition coefficient (Wildman–Crippen LogP) is 1.82. The minimum Gasteiger partial charge on any atom is -0.311 e. The molecule has 2 heterocycles. The number of nitrogens with zero attached hydrogens (tertiary/aromatic N) is 2. The van der Waals surface area contributed by atoms with Crippen LogP contribution >= 0.6 is 0 Å². The molecule has 1 aliphatic heterocycles. The zero-order chi connectivity index (χ0) is 12.1. The van der Waals surface area contributed by atoms with Crippen molar-refractivity contribution in [2.45, 2.75) is 26.3 Å². The van der Waals surface area contributed by atoms with Gasteiger partial charge >= 0.3 is 0 Å². The average molecular weight is 233 g/mol. The highest BCUT2D eigenvalue weighted by molar-refractivity contribution is 5.11. The van der Waals surface area contributed by atoms with Gasteiger partial charge in [0.05, 0.1) is 5.69 Å². The van der Waals surface area contributed by atoms with E-state index < -0.39 is 0 Å². The van der Waals surface area contributed by atoms with Gasteiger partial charge in [0, 0.05) is 19.3 Å². The molecule has 0 bridgehead atoms. The molecule has 1 atom stereocenters. The van der Waals surface area contributed by atoms with Crippen LogP contribution in [0.15, 0.2) is 18.3 Å². The summed E-state index contributed by atoms with van der Waals surface area (Å²) < 4.78 is 0. The van der Waals surface area contributed by atoms with Crippen molar-refractivity contribution in [3.8, 4) is 0 Å². The first-order valence-electron chi connectivity index (χ1n) is 6.55. The Balaban J connectivity index is 1.70. The molecule has 0 aliphatic carbocycles. The molecule has 1 aromatic rings. The fourth-order valence-electron chi connectivity index (χ4n) is 2.45. The molecule has 0 aromatic carbocycles. The number of likely N-dealkylation sites (tertiary alicyclic amines) is 1. The lowest BCUT2D eigenvalue weighted by molar-refractivity contribution is 0.206. The zero-order valence-corrected chi connectivity index (χ0v) is 10.9. The fourth-order valence-corrected chi connectivity index (χ4v) is 2.45. The van der Waals surface area contributed by atoms with Gasteiger partial charge in [-0.1, -0.05) is 6.07 Å². The van der Waals surface area contributed by atoms with Crippen LogP contribution in [0.3, 0.4) is 0 Å². The first-order chi connectivity index (χ1) is 8.24. The number of nitrogens with one attached hydrogen (secondary N) is 1. The Morgan fingerprint density at radius 3 is 3.06 bits per heavy atom. The normalized spacial score (nSPS) is 21.6. The van der Waals surface area contributed by atoms with E-state index >= 15 is 0 Å². The van der Waals surface area contributed by atoms with Gasteiger partial charge in [-0.25, -0.2) is 0 Å². The number of rotatable bonds is 4. The Labute approximate surface area is 104 Å². The molecule has 3 heteroatoms. The Hall–Kier alpha value is -0.930. The molecule has 17 heavy (non-hydrogen) atoms. The van der Waals surface area contributed by atoms with Crippen LogP contribution < -0.4 is 5.32 Å². The smallest absolute Gasteiger partial charge is 0.0541 e. The van der Waals surface area contributed by atoms with E-state index in [-0.39, 0.29) is 0 Å². The molecule has 1 fully saturated rings. The number of hydrogen-bond acceptors (Lipinski definition) is 3. The summed E-state index contributed by atoms with van der Waals surface area (Å²) in [6.07, 6.45) is 4.63. The van der Waals surface area contributed by atoms with E-state index in [0.717, 1.165) is 24.7 Å². The molecular formula is C14H23N3. The van der Waals surface area contributed by atoms with Crippen molar-refractivity contribution in [2.75, 3.05) is 26.7 Å². The van der Waals surface area contributed by atoms with Crippen LogP contribution in [0.1, 0.15) is 24.1 Å². The van der Waals surface area contributed by atoms with Crippen molar-refractivity contribution >= 4 is 0 Å². The van der Waals surface area contributed by atoms with Crippen LogP contribution in [0.25, 0.3) is 0 Å². The third-order valence-corrected chi connectivity index (χ3v) is 3.43. The van der Waals surface area contributed by atoms with Gasteiger partial charge in [-0.15, -0.1) is 0 Å². The summed E-state index contributed by atoms with van der Waals surface area (Å²) in [5.41, 5.74) is 2.36. The second-order valence-corrected chi connectivity index (χ2v) is 5.23. The third-order valence-electron chi connectivity index (χ3n) is 3.43. The van der Waals surface area contributed by atoms with Crippen LogP contribution in [0.4, 0.5) is 0 Å². The molecule has 2 rings (SSSR count). The quantitative estimate of drug-likeness (QED) is 0.860. The monoisotopic (exact) mass is 233 g/mol. The lowest BCUT2D eigenvalue weighted by Gasteiger charge is -2.29. The van der Waals surface area contributed by atoms with Gasteiger partial charge in [-0.05, 0) is 57.5 Å². The topological polar surface area (TPSA) is 28.2 Å². The second-order valence-electron chi connectivity index (χ2n) is 5.23. The highest BCUT2D eigenvalue weighted by Gasteiger charge is 2.16. The van der Waals surface area contributed by atoms with E-state index in [1.165, 1.54) is 31.5 Å². The van der Waals surface area contributed by atoms with Crippen LogP contribution in [-0.2, 0) is 6.54 Å². The Kier molecular flexibility index (Phi) is 4.51. The molecule has 1 N–H and O–H groups in total. The molecule has 1 aliphatic rings. The first-order valence-corrected chi connectivity index (χ1v) is 6.55. The van der Waals surface area contributed by atoms with Crippen LogP contribution in [0.2, 0.25) is 0 Å². The molecule has 0 saturated carbocycles. The SMILES string of the molecule is Cc1ccc(CNCC2CCCN(C)C2)nc1. The van der Waals surface area contributed by atoms with E-state index in [0.29, 0.717) is 0 Å². The van der Waals surface area contributed by atoms with Crippen molar-refractivity contribution < 1.29 is 0 Å². The van der Waals surface area contributed by atoms with Gasteiger partial charge in [0.1, 0.15) is 0 Å². The molecule has 0 radical (unpaired) electrons. The number of aryl methyl sites for hydroxylation is 1. The highest BCUT2D eigenvalue weighted by atomic mass is 15.1. The summed E-state index contributed by atoms with van der Waals surface area (Å²) in [6, 6.07) is 4.23. The minimum absolute atomic E-state index is 0.805. The van der Waals surface area contributed by atoms with E-state index in [2.05, 4.69) is 41.3 Å². The largest absolute Gasteiger partial charge is 0.311 e. The van der Waals surface area contributed by atoms with Gasteiger partial charge in [0.25, 0.3) is 0 Å². The molecular weight excluding hydrogens is 210 g/mol. The van der Waals surface area contributed by atoms with Crippen molar-refractivity contribution in [3.63, 3.8) is 0 Å². The van der Waals surface area contributed by atoms with Crippen LogP contribution in [0, 0.1) is 12.8 Å². The zero-order valence-electron chi connectivity index (χ0n) is 10.9. The summed E-state index contributed by atoms with van der Waals surface area (Å²) in [5.74, 6) is 0.805. The van der Waals surface area contributed by atoms with Crippen LogP contribution in [-0.4, -0.2) is 36.6 Å². The van der Waals surface area contributed by atoms with Gasteiger partial charge in [-0.3, -0.25) is 4.98 Å². The molecule has 0 spiro atoms. The number of pyridine rings is 1. The highest BCUT2D eigenvalue weighted by Crippen LogP contribution is 2.13. The summed E-state index contributed by atoms with van der Waals surface area (Å²) in [7, 11) is 2.22. The van der Waals surface area contributed by atoms with E-state index in [1.807, 2.05) is 6.20 Å². The van der Waals surface area contributed by atoms with E-state index in [1.54, 1.807) is 0 Å². The van der Waals surface area contributed by atoms with Gasteiger partial charge in [-0.2, -0.15) is 0 Å². The lowest BCUT2D eigenvalue weighted by Crippen LogP contribution is -2.37. The van der Waals surface area contributed by atoms with Crippen molar-refractivity contribution in [1.82, 2.24) is 15.2 Å². The van der Waals surface area contributed by atoms with Crippen molar-refractivity contribution in [2.24, 2.45) is 5.92 Å². The summed E-state index contributed by atoms with van der Waals surface area (Å²) in [5, 5.41) is 3.52. The molecule has 1 aromatic heterocycles. The maximum Gasteiger partial charge on any atom is 0.0541 e. The van der Waals surface area contributed by atoms with E-state index in [4.69, 9.17) is 0 Å². The van der Waals surface area contributed by atoms with Gasteiger partial charge < -0.3 is 10.2 Å². The maximum atomic E-state index is 4.40. The Bertz CT molecular complexity index is 334. The number of aromatic nitrogens is 1. The average Bonchev–Trinajstić information content (AvgIpc) is 2.32.